The maximum absolute atomic E-state index is 13.6. The highest BCUT2D eigenvalue weighted by Crippen LogP contribution is 2.38. The molecule has 1 amide bonds. The van der Waals surface area contributed by atoms with E-state index in [1.807, 2.05) is 5.32 Å². The number of nitro benzene ring substituents is 2. The van der Waals surface area contributed by atoms with Crippen LogP contribution in [0.15, 0.2) is 36.4 Å². The first-order valence-corrected chi connectivity index (χ1v) is 8.85. The summed E-state index contributed by atoms with van der Waals surface area (Å²) >= 11 is 0. The summed E-state index contributed by atoms with van der Waals surface area (Å²) in [6.07, 6.45) is -4.81. The van der Waals surface area contributed by atoms with Gasteiger partial charge in [-0.2, -0.15) is 13.2 Å². The predicted molar refractivity (Wildman–Crippen MR) is 102 cm³/mol. The van der Waals surface area contributed by atoms with Crippen molar-refractivity contribution in [1.29, 1.82) is 0 Å². The molecule has 0 bridgehead atoms. The van der Waals surface area contributed by atoms with E-state index in [4.69, 9.17) is 4.74 Å². The fourth-order valence-corrected chi connectivity index (χ4v) is 3.03. The highest BCUT2D eigenvalue weighted by molar-refractivity contribution is 6.05. The molecule has 10 nitrogen and oxygen atoms in total. The standard InChI is InChI=1S/C18H15F3N4O6/c19-18(20,21)15-10-12(23-3-5-31-6-4-23)1-2-16(15)22-17(26)11-7-13(24(27)28)9-14(8-11)25(29)30/h1-2,7-10H,3-6H2,(H,22,26). The molecule has 1 heterocycles. The average molecular weight is 440 g/mol. The highest BCUT2D eigenvalue weighted by atomic mass is 19.4. The Morgan fingerprint density at radius 1 is 1.00 bits per heavy atom. The monoisotopic (exact) mass is 440 g/mol. The zero-order valence-corrected chi connectivity index (χ0v) is 15.7. The number of carbonyl (C=O) groups excluding carboxylic acids is 1. The van der Waals surface area contributed by atoms with Crippen molar-refractivity contribution in [2.24, 2.45) is 0 Å². The van der Waals surface area contributed by atoms with Gasteiger partial charge in [-0.05, 0) is 18.2 Å². The van der Waals surface area contributed by atoms with E-state index in [0.717, 1.165) is 24.3 Å². The maximum Gasteiger partial charge on any atom is 0.418 e. The molecule has 2 aromatic rings. The van der Waals surface area contributed by atoms with Gasteiger partial charge in [-0.3, -0.25) is 25.0 Å². The Labute approximate surface area is 172 Å². The van der Waals surface area contributed by atoms with E-state index in [-0.39, 0.29) is 0 Å². The van der Waals surface area contributed by atoms with E-state index in [9.17, 15) is 38.2 Å². The number of nitro groups is 2. The summed E-state index contributed by atoms with van der Waals surface area (Å²) in [5.74, 6) is -1.16. The van der Waals surface area contributed by atoms with Gasteiger partial charge in [0.05, 0.1) is 45.9 Å². The molecule has 0 saturated carbocycles. The van der Waals surface area contributed by atoms with Crippen LogP contribution in [0.3, 0.4) is 0 Å². The SMILES string of the molecule is O=C(Nc1ccc(N2CCOCC2)cc1C(F)(F)F)c1cc([N+](=O)[O-])cc([N+](=O)[O-])c1. The molecule has 164 valence electrons. The Kier molecular flexibility index (Phi) is 6.06. The molecular weight excluding hydrogens is 425 g/mol. The number of ether oxygens (including phenoxy) is 1. The Balaban J connectivity index is 1.95. The summed E-state index contributed by atoms with van der Waals surface area (Å²) in [4.78, 5) is 34.2. The van der Waals surface area contributed by atoms with Crippen molar-refractivity contribution in [1.82, 2.24) is 0 Å². The Morgan fingerprint density at radius 2 is 1.58 bits per heavy atom. The second-order valence-corrected chi connectivity index (χ2v) is 6.53. The largest absolute Gasteiger partial charge is 0.418 e. The zero-order valence-electron chi connectivity index (χ0n) is 15.7. The van der Waals surface area contributed by atoms with Crippen LogP contribution in [-0.4, -0.2) is 42.1 Å². The van der Waals surface area contributed by atoms with Gasteiger partial charge in [0.2, 0.25) is 0 Å². The molecular formula is C18H15F3N4O6. The second-order valence-electron chi connectivity index (χ2n) is 6.53. The molecule has 2 aromatic carbocycles. The van der Waals surface area contributed by atoms with Gasteiger partial charge in [0.25, 0.3) is 17.3 Å². The summed E-state index contributed by atoms with van der Waals surface area (Å²) in [5.41, 5.74) is -3.41. The molecule has 3 rings (SSSR count). The third-order valence-electron chi connectivity index (χ3n) is 4.52. The Morgan fingerprint density at radius 3 is 2.10 bits per heavy atom. The van der Waals surface area contributed by atoms with Crippen LogP contribution in [0.25, 0.3) is 0 Å². The van der Waals surface area contributed by atoms with E-state index in [1.54, 1.807) is 4.90 Å². The number of nitrogens with one attached hydrogen (secondary N) is 1. The third-order valence-corrected chi connectivity index (χ3v) is 4.52. The van der Waals surface area contributed by atoms with Crippen LogP contribution in [-0.2, 0) is 10.9 Å². The minimum atomic E-state index is -4.81. The molecule has 1 aliphatic heterocycles. The first-order valence-electron chi connectivity index (χ1n) is 8.85. The Hall–Kier alpha value is -3.74. The molecule has 1 saturated heterocycles. The molecule has 0 unspecified atom stereocenters. The Bertz CT molecular complexity index is 1010. The molecule has 13 heteroatoms. The van der Waals surface area contributed by atoms with Crippen LogP contribution in [0.4, 0.5) is 35.9 Å². The van der Waals surface area contributed by atoms with Gasteiger partial charge in [0.1, 0.15) is 0 Å². The van der Waals surface area contributed by atoms with Gasteiger partial charge in [-0.1, -0.05) is 0 Å². The van der Waals surface area contributed by atoms with Crippen molar-refractivity contribution < 1.29 is 32.5 Å². The van der Waals surface area contributed by atoms with E-state index in [2.05, 4.69) is 0 Å². The number of hydrogen-bond donors (Lipinski definition) is 1. The first-order chi connectivity index (χ1) is 14.6. The molecule has 0 spiro atoms. The summed E-state index contributed by atoms with van der Waals surface area (Å²) in [6, 6.07) is 5.49. The number of non-ortho nitro benzene ring substituents is 2. The van der Waals surface area contributed by atoms with Crippen molar-refractivity contribution in [3.05, 3.63) is 67.8 Å². The summed E-state index contributed by atoms with van der Waals surface area (Å²) < 4.78 is 46.0. The zero-order chi connectivity index (χ0) is 22.8. The van der Waals surface area contributed by atoms with E-state index < -0.39 is 50.1 Å². The van der Waals surface area contributed by atoms with Crippen molar-refractivity contribution >= 4 is 28.7 Å². The smallest absolute Gasteiger partial charge is 0.378 e. The molecule has 1 aliphatic rings. The van der Waals surface area contributed by atoms with E-state index >= 15 is 0 Å². The second kappa shape index (κ2) is 8.55. The average Bonchev–Trinajstić information content (AvgIpc) is 2.73. The normalized spacial score (nSPS) is 14.2. The van der Waals surface area contributed by atoms with Gasteiger partial charge in [0.15, 0.2) is 0 Å². The van der Waals surface area contributed by atoms with Gasteiger partial charge in [-0.25, -0.2) is 0 Å². The number of halogens is 3. The van der Waals surface area contributed by atoms with Gasteiger partial charge in [-0.15, -0.1) is 0 Å². The topological polar surface area (TPSA) is 128 Å². The number of nitrogens with zero attached hydrogens (tertiary/aromatic N) is 3. The predicted octanol–water partition coefficient (Wildman–Crippen LogP) is 3.61. The fourth-order valence-electron chi connectivity index (χ4n) is 3.03. The van der Waals surface area contributed by atoms with Crippen molar-refractivity contribution in [3.63, 3.8) is 0 Å². The molecule has 0 aliphatic carbocycles. The lowest BCUT2D eigenvalue weighted by atomic mass is 10.1. The minimum absolute atomic E-state index is 0.291. The minimum Gasteiger partial charge on any atom is -0.378 e. The van der Waals surface area contributed by atoms with Gasteiger partial charge >= 0.3 is 6.18 Å². The lowest BCUT2D eigenvalue weighted by Gasteiger charge is -2.29. The molecule has 0 atom stereocenters. The van der Waals surface area contributed by atoms with E-state index in [0.29, 0.717) is 38.1 Å². The highest BCUT2D eigenvalue weighted by Gasteiger charge is 2.35. The molecule has 1 fully saturated rings. The maximum atomic E-state index is 13.6. The van der Waals surface area contributed by atoms with E-state index in [1.165, 1.54) is 6.07 Å². The lowest BCUT2D eigenvalue weighted by Crippen LogP contribution is -2.36. The fraction of sp³-hybridized carbons (Fsp3) is 0.278. The lowest BCUT2D eigenvalue weighted by molar-refractivity contribution is -0.394. The number of anilines is 2. The molecule has 0 aromatic heterocycles. The number of alkyl halides is 3. The number of carbonyl (C=O) groups is 1. The molecule has 0 radical (unpaired) electrons. The molecule has 1 N–H and O–H groups in total. The van der Waals surface area contributed by atoms with Crippen LogP contribution in [0.2, 0.25) is 0 Å². The van der Waals surface area contributed by atoms with Crippen LogP contribution < -0.4 is 10.2 Å². The van der Waals surface area contributed by atoms with Gasteiger partial charge < -0.3 is 15.0 Å². The third kappa shape index (κ3) is 5.06. The number of hydrogen-bond acceptors (Lipinski definition) is 7. The van der Waals surface area contributed by atoms with Crippen LogP contribution in [0.5, 0.6) is 0 Å². The van der Waals surface area contributed by atoms with Crippen molar-refractivity contribution in [2.75, 3.05) is 36.5 Å². The van der Waals surface area contributed by atoms with Crippen LogP contribution in [0.1, 0.15) is 15.9 Å². The summed E-state index contributed by atoms with van der Waals surface area (Å²) in [6.45, 7) is 1.54. The van der Waals surface area contributed by atoms with Crippen molar-refractivity contribution in [3.8, 4) is 0 Å². The quantitative estimate of drug-likeness (QED) is 0.556. The van der Waals surface area contributed by atoms with Crippen LogP contribution >= 0.6 is 0 Å². The summed E-state index contributed by atoms with van der Waals surface area (Å²) in [7, 11) is 0. The molecule has 31 heavy (non-hydrogen) atoms. The van der Waals surface area contributed by atoms with Crippen molar-refractivity contribution in [2.45, 2.75) is 6.18 Å². The number of amides is 1. The summed E-state index contributed by atoms with van der Waals surface area (Å²) in [5, 5.41) is 24.0. The number of benzene rings is 2. The first kappa shape index (κ1) is 22.0. The van der Waals surface area contributed by atoms with Gasteiger partial charge in [0, 0.05) is 30.9 Å². The van der Waals surface area contributed by atoms with Crippen LogP contribution in [0, 0.1) is 20.2 Å². The number of rotatable bonds is 5. The number of morpholine rings is 1.